The first-order valence-electron chi connectivity index (χ1n) is 3.74. The Bertz CT molecular complexity index is 106. The fourth-order valence-corrected chi connectivity index (χ4v) is 2.94. The Kier molecular flexibility index (Phi) is 2.90. The van der Waals surface area contributed by atoms with E-state index in [1.54, 1.807) is 0 Å². The molecule has 2 rings (SSSR count). The summed E-state index contributed by atoms with van der Waals surface area (Å²) < 4.78 is 0. The molecule has 10 heavy (non-hydrogen) atoms. The van der Waals surface area contributed by atoms with Crippen molar-refractivity contribution >= 4 is 24.2 Å². The second kappa shape index (κ2) is 3.33. The molecule has 2 fully saturated rings. The molecule has 2 heterocycles. The van der Waals surface area contributed by atoms with E-state index < -0.39 is 0 Å². The van der Waals surface area contributed by atoms with Crippen LogP contribution in [0.4, 0.5) is 0 Å². The van der Waals surface area contributed by atoms with Gasteiger partial charge in [0, 0.05) is 5.54 Å². The van der Waals surface area contributed by atoms with Gasteiger partial charge >= 0.3 is 0 Å². The van der Waals surface area contributed by atoms with E-state index in [0.717, 1.165) is 0 Å². The molecule has 1 nitrogen and oxygen atoms in total. The van der Waals surface area contributed by atoms with Crippen LogP contribution in [0.3, 0.4) is 0 Å². The van der Waals surface area contributed by atoms with E-state index >= 15 is 0 Å². The van der Waals surface area contributed by atoms with Gasteiger partial charge < -0.3 is 5.32 Å². The van der Waals surface area contributed by atoms with Gasteiger partial charge in [-0.1, -0.05) is 0 Å². The van der Waals surface area contributed by atoms with Crippen LogP contribution in [0.15, 0.2) is 0 Å². The van der Waals surface area contributed by atoms with Gasteiger partial charge in [0.2, 0.25) is 0 Å². The lowest BCUT2D eigenvalue weighted by molar-refractivity contribution is 0.191. The number of rotatable bonds is 0. The molecule has 0 aliphatic carbocycles. The molecular formula is C7H14ClNS. The SMILES string of the molecule is C1CC2(CCSCC2)N1.Cl. The minimum atomic E-state index is 0. The summed E-state index contributed by atoms with van der Waals surface area (Å²) in [7, 11) is 0. The van der Waals surface area contributed by atoms with Gasteiger partial charge in [-0.3, -0.25) is 0 Å². The topological polar surface area (TPSA) is 12.0 Å². The van der Waals surface area contributed by atoms with Crippen molar-refractivity contribution in [1.29, 1.82) is 0 Å². The lowest BCUT2D eigenvalue weighted by Gasteiger charge is -2.45. The molecule has 1 N–H and O–H groups in total. The zero-order chi connectivity index (χ0) is 6.16. The van der Waals surface area contributed by atoms with Gasteiger partial charge in [0.1, 0.15) is 0 Å². The summed E-state index contributed by atoms with van der Waals surface area (Å²) in [6.07, 6.45) is 4.27. The third kappa shape index (κ3) is 1.44. The van der Waals surface area contributed by atoms with Gasteiger partial charge in [-0.25, -0.2) is 0 Å². The van der Waals surface area contributed by atoms with Gasteiger partial charge in [-0.15, -0.1) is 12.4 Å². The van der Waals surface area contributed by atoms with Crippen LogP contribution in [0.2, 0.25) is 0 Å². The number of hydrogen-bond donors (Lipinski definition) is 1. The van der Waals surface area contributed by atoms with E-state index in [9.17, 15) is 0 Å². The summed E-state index contributed by atoms with van der Waals surface area (Å²) in [6.45, 7) is 1.27. The van der Waals surface area contributed by atoms with Gasteiger partial charge in [0.05, 0.1) is 0 Å². The quantitative estimate of drug-likeness (QED) is 0.607. The Labute approximate surface area is 72.7 Å². The first-order chi connectivity index (χ1) is 4.41. The van der Waals surface area contributed by atoms with Crippen LogP contribution >= 0.6 is 24.2 Å². The highest BCUT2D eigenvalue weighted by molar-refractivity contribution is 7.99. The average Bonchev–Trinajstić information content (AvgIpc) is 1.87. The van der Waals surface area contributed by atoms with Crippen molar-refractivity contribution in [2.75, 3.05) is 18.1 Å². The predicted octanol–water partition coefficient (Wildman–Crippen LogP) is 1.67. The molecule has 2 saturated heterocycles. The van der Waals surface area contributed by atoms with Crippen LogP contribution in [0.25, 0.3) is 0 Å². The highest BCUT2D eigenvalue weighted by atomic mass is 35.5. The predicted molar refractivity (Wildman–Crippen MR) is 49.2 cm³/mol. The fourth-order valence-electron chi connectivity index (χ4n) is 1.67. The van der Waals surface area contributed by atoms with Crippen molar-refractivity contribution in [2.45, 2.75) is 24.8 Å². The smallest absolute Gasteiger partial charge is 0.0209 e. The molecule has 0 aromatic heterocycles. The van der Waals surface area contributed by atoms with Crippen molar-refractivity contribution < 1.29 is 0 Å². The highest BCUT2D eigenvalue weighted by Crippen LogP contribution is 2.33. The second-order valence-electron chi connectivity index (χ2n) is 3.07. The van der Waals surface area contributed by atoms with Crippen molar-refractivity contribution in [1.82, 2.24) is 5.32 Å². The van der Waals surface area contributed by atoms with Crippen LogP contribution in [0.1, 0.15) is 19.3 Å². The van der Waals surface area contributed by atoms with Crippen LogP contribution < -0.4 is 5.32 Å². The molecule has 0 aromatic rings. The first-order valence-corrected chi connectivity index (χ1v) is 4.90. The summed E-state index contributed by atoms with van der Waals surface area (Å²) >= 11 is 2.11. The molecule has 0 unspecified atom stereocenters. The lowest BCUT2D eigenvalue weighted by Crippen LogP contribution is -2.58. The standard InChI is InChI=1S/C7H13NS.ClH/c1-4-8-7(1)2-5-9-6-3-7;/h8H,1-6H2;1H. The number of nitrogens with one attached hydrogen (secondary N) is 1. The molecular weight excluding hydrogens is 166 g/mol. The zero-order valence-corrected chi connectivity index (χ0v) is 7.69. The normalized spacial score (nSPS) is 28.8. The molecule has 1 spiro atoms. The minimum absolute atomic E-state index is 0. The molecule has 60 valence electrons. The van der Waals surface area contributed by atoms with E-state index in [4.69, 9.17) is 0 Å². The molecule has 0 amide bonds. The van der Waals surface area contributed by atoms with Crippen molar-refractivity contribution in [3.8, 4) is 0 Å². The Balaban J connectivity index is 0.000000500. The number of hydrogen-bond acceptors (Lipinski definition) is 2. The Hall–Kier alpha value is 0.600. The molecule has 0 aromatic carbocycles. The van der Waals surface area contributed by atoms with E-state index in [2.05, 4.69) is 17.1 Å². The maximum atomic E-state index is 3.55. The number of thioether (sulfide) groups is 1. The summed E-state index contributed by atoms with van der Waals surface area (Å²) in [5.41, 5.74) is 0.630. The molecule has 2 aliphatic heterocycles. The molecule has 0 bridgehead atoms. The fraction of sp³-hybridized carbons (Fsp3) is 1.00. The maximum absolute atomic E-state index is 3.55. The monoisotopic (exact) mass is 179 g/mol. The van der Waals surface area contributed by atoms with E-state index in [1.807, 2.05) is 0 Å². The molecule has 0 atom stereocenters. The van der Waals surface area contributed by atoms with Crippen LogP contribution in [0, 0.1) is 0 Å². The van der Waals surface area contributed by atoms with Gasteiger partial charge in [-0.2, -0.15) is 11.8 Å². The molecule has 0 radical (unpaired) electrons. The summed E-state index contributed by atoms with van der Waals surface area (Å²) in [4.78, 5) is 0. The summed E-state index contributed by atoms with van der Waals surface area (Å²) in [6, 6.07) is 0. The van der Waals surface area contributed by atoms with Crippen LogP contribution in [0.5, 0.6) is 0 Å². The van der Waals surface area contributed by atoms with E-state index in [0.29, 0.717) is 5.54 Å². The zero-order valence-electron chi connectivity index (χ0n) is 6.06. The van der Waals surface area contributed by atoms with Gasteiger partial charge in [0.25, 0.3) is 0 Å². The third-order valence-corrected chi connectivity index (χ3v) is 3.54. The molecule has 3 heteroatoms. The Morgan fingerprint density at radius 3 is 2.00 bits per heavy atom. The highest BCUT2D eigenvalue weighted by Gasteiger charge is 2.36. The van der Waals surface area contributed by atoms with Crippen molar-refractivity contribution in [3.63, 3.8) is 0 Å². The molecule has 2 aliphatic rings. The second-order valence-corrected chi connectivity index (χ2v) is 4.29. The van der Waals surface area contributed by atoms with Gasteiger partial charge in [0.15, 0.2) is 0 Å². The van der Waals surface area contributed by atoms with Gasteiger partial charge in [-0.05, 0) is 37.3 Å². The summed E-state index contributed by atoms with van der Waals surface area (Å²) in [5.74, 6) is 2.76. The Morgan fingerprint density at radius 2 is 1.70 bits per heavy atom. The van der Waals surface area contributed by atoms with Crippen molar-refractivity contribution in [3.05, 3.63) is 0 Å². The van der Waals surface area contributed by atoms with Crippen LogP contribution in [-0.4, -0.2) is 23.6 Å². The first kappa shape index (κ1) is 8.69. The van der Waals surface area contributed by atoms with E-state index in [1.165, 1.54) is 37.3 Å². The van der Waals surface area contributed by atoms with Crippen molar-refractivity contribution in [2.24, 2.45) is 0 Å². The largest absolute Gasteiger partial charge is 0.311 e. The molecule has 0 saturated carbocycles. The Morgan fingerprint density at radius 1 is 1.10 bits per heavy atom. The number of halogens is 1. The summed E-state index contributed by atoms with van der Waals surface area (Å²) in [5, 5.41) is 3.55. The average molecular weight is 180 g/mol. The van der Waals surface area contributed by atoms with E-state index in [-0.39, 0.29) is 12.4 Å². The maximum Gasteiger partial charge on any atom is 0.0209 e. The third-order valence-electron chi connectivity index (χ3n) is 2.55. The van der Waals surface area contributed by atoms with Crippen LogP contribution in [-0.2, 0) is 0 Å². The lowest BCUT2D eigenvalue weighted by atomic mass is 9.82. The minimum Gasteiger partial charge on any atom is -0.311 e.